The molecule has 0 aliphatic rings. The van der Waals surface area contributed by atoms with Crippen LogP contribution in [-0.4, -0.2) is 17.4 Å². The van der Waals surface area contributed by atoms with Gasteiger partial charge in [0.1, 0.15) is 0 Å². The van der Waals surface area contributed by atoms with E-state index < -0.39 is 11.6 Å². The largest absolute Gasteiger partial charge is 0.361 e. The van der Waals surface area contributed by atoms with Crippen molar-refractivity contribution in [3.05, 3.63) is 71.4 Å². The molecule has 0 atom stereocenters. The van der Waals surface area contributed by atoms with Crippen molar-refractivity contribution in [2.45, 2.75) is 12.8 Å². The van der Waals surface area contributed by atoms with Crippen molar-refractivity contribution in [1.82, 2.24) is 10.3 Å². The highest BCUT2D eigenvalue weighted by Crippen LogP contribution is 2.18. The highest BCUT2D eigenvalue weighted by atomic mass is 19.2. The Morgan fingerprint density at radius 3 is 2.74 bits per heavy atom. The van der Waals surface area contributed by atoms with E-state index in [1.807, 2.05) is 30.5 Å². The van der Waals surface area contributed by atoms with Crippen LogP contribution in [0.2, 0.25) is 0 Å². The van der Waals surface area contributed by atoms with Gasteiger partial charge in [-0.05, 0) is 35.7 Å². The predicted molar refractivity (Wildman–Crippen MR) is 85.1 cm³/mol. The molecule has 0 saturated carbocycles. The summed E-state index contributed by atoms with van der Waals surface area (Å²) in [6, 6.07) is 11.6. The number of aromatic amines is 1. The van der Waals surface area contributed by atoms with Crippen LogP contribution >= 0.6 is 0 Å². The first-order valence-corrected chi connectivity index (χ1v) is 7.39. The quantitative estimate of drug-likeness (QED) is 0.745. The van der Waals surface area contributed by atoms with E-state index in [1.165, 1.54) is 6.07 Å². The second-order valence-corrected chi connectivity index (χ2v) is 5.38. The normalized spacial score (nSPS) is 10.9. The number of amides is 1. The number of carbonyl (C=O) groups excluding carboxylic acids is 1. The summed E-state index contributed by atoms with van der Waals surface area (Å²) in [7, 11) is 0. The SMILES string of the molecule is O=C(Cc1c[nH]c2ccccc12)NCCc1ccc(F)c(F)c1. The molecule has 23 heavy (non-hydrogen) atoms. The minimum atomic E-state index is -0.868. The minimum Gasteiger partial charge on any atom is -0.361 e. The summed E-state index contributed by atoms with van der Waals surface area (Å²) in [5.74, 6) is -1.83. The molecule has 0 radical (unpaired) electrons. The number of fused-ring (bicyclic) bond motifs is 1. The van der Waals surface area contributed by atoms with Gasteiger partial charge in [0.15, 0.2) is 11.6 Å². The van der Waals surface area contributed by atoms with Gasteiger partial charge in [0.25, 0.3) is 0 Å². The van der Waals surface area contributed by atoms with Crippen LogP contribution < -0.4 is 5.32 Å². The average Bonchev–Trinajstić information content (AvgIpc) is 2.94. The highest BCUT2D eigenvalue weighted by molar-refractivity contribution is 5.88. The van der Waals surface area contributed by atoms with Crippen molar-refractivity contribution in [3.63, 3.8) is 0 Å². The molecule has 0 bridgehead atoms. The molecule has 5 heteroatoms. The number of para-hydroxylation sites is 1. The Labute approximate surface area is 132 Å². The zero-order chi connectivity index (χ0) is 16.2. The second-order valence-electron chi connectivity index (χ2n) is 5.38. The van der Waals surface area contributed by atoms with Crippen molar-refractivity contribution in [2.24, 2.45) is 0 Å². The molecule has 3 rings (SSSR count). The van der Waals surface area contributed by atoms with Crippen molar-refractivity contribution >= 4 is 16.8 Å². The molecule has 3 nitrogen and oxygen atoms in total. The maximum Gasteiger partial charge on any atom is 0.224 e. The molecular formula is C18H16F2N2O. The summed E-state index contributed by atoms with van der Waals surface area (Å²) in [4.78, 5) is 15.1. The summed E-state index contributed by atoms with van der Waals surface area (Å²) in [5.41, 5.74) is 2.58. The lowest BCUT2D eigenvalue weighted by Gasteiger charge is -2.05. The number of carbonyl (C=O) groups is 1. The van der Waals surface area contributed by atoms with E-state index in [1.54, 1.807) is 0 Å². The predicted octanol–water partition coefficient (Wildman–Crippen LogP) is 3.35. The first-order chi connectivity index (χ1) is 11.1. The monoisotopic (exact) mass is 314 g/mol. The van der Waals surface area contributed by atoms with Crippen molar-refractivity contribution in [3.8, 4) is 0 Å². The Kier molecular flexibility index (Phi) is 4.37. The van der Waals surface area contributed by atoms with E-state index in [0.29, 0.717) is 18.5 Å². The standard InChI is InChI=1S/C18H16F2N2O/c19-15-6-5-12(9-16(15)20)7-8-21-18(23)10-13-11-22-17-4-2-1-3-14(13)17/h1-6,9,11,22H,7-8,10H2,(H,21,23). The molecule has 0 fully saturated rings. The van der Waals surface area contributed by atoms with Gasteiger partial charge >= 0.3 is 0 Å². The molecular weight excluding hydrogens is 298 g/mol. The fourth-order valence-corrected chi connectivity index (χ4v) is 2.55. The third-order valence-corrected chi connectivity index (χ3v) is 3.75. The summed E-state index contributed by atoms with van der Waals surface area (Å²) in [6.07, 6.45) is 2.57. The van der Waals surface area contributed by atoms with Crippen LogP contribution in [0.4, 0.5) is 8.78 Å². The van der Waals surface area contributed by atoms with Crippen LogP contribution in [0, 0.1) is 11.6 Å². The molecule has 3 aromatic rings. The van der Waals surface area contributed by atoms with Gasteiger partial charge in [0.05, 0.1) is 6.42 Å². The summed E-state index contributed by atoms with van der Waals surface area (Å²) in [6.45, 7) is 0.381. The van der Waals surface area contributed by atoms with Crippen LogP contribution in [0.15, 0.2) is 48.7 Å². The van der Waals surface area contributed by atoms with Gasteiger partial charge in [0.2, 0.25) is 5.91 Å². The van der Waals surface area contributed by atoms with Gasteiger partial charge in [0, 0.05) is 23.6 Å². The van der Waals surface area contributed by atoms with Crippen LogP contribution in [0.5, 0.6) is 0 Å². The van der Waals surface area contributed by atoms with E-state index in [2.05, 4.69) is 10.3 Å². The summed E-state index contributed by atoms with van der Waals surface area (Å²) in [5, 5.41) is 3.83. The number of halogens is 2. The molecule has 0 spiro atoms. The van der Waals surface area contributed by atoms with E-state index >= 15 is 0 Å². The topological polar surface area (TPSA) is 44.9 Å². The Hall–Kier alpha value is -2.69. The Morgan fingerprint density at radius 2 is 1.91 bits per heavy atom. The van der Waals surface area contributed by atoms with Crippen LogP contribution in [0.1, 0.15) is 11.1 Å². The molecule has 0 unspecified atom stereocenters. The van der Waals surface area contributed by atoms with Gasteiger partial charge in [-0.1, -0.05) is 24.3 Å². The third-order valence-electron chi connectivity index (χ3n) is 3.75. The van der Waals surface area contributed by atoms with Gasteiger partial charge in [-0.2, -0.15) is 0 Å². The Morgan fingerprint density at radius 1 is 1.09 bits per heavy atom. The van der Waals surface area contributed by atoms with Gasteiger partial charge in [-0.3, -0.25) is 4.79 Å². The number of rotatable bonds is 5. The molecule has 2 aromatic carbocycles. The number of benzene rings is 2. The number of aromatic nitrogens is 1. The smallest absolute Gasteiger partial charge is 0.224 e. The summed E-state index contributed by atoms with van der Waals surface area (Å²) >= 11 is 0. The third kappa shape index (κ3) is 3.56. The Bertz CT molecular complexity index is 842. The number of H-pyrrole nitrogens is 1. The van der Waals surface area contributed by atoms with Gasteiger partial charge in [-0.15, -0.1) is 0 Å². The summed E-state index contributed by atoms with van der Waals surface area (Å²) < 4.78 is 25.9. The molecule has 0 aliphatic heterocycles. The van der Waals surface area contributed by atoms with E-state index in [-0.39, 0.29) is 12.3 Å². The number of nitrogens with one attached hydrogen (secondary N) is 2. The molecule has 1 aromatic heterocycles. The van der Waals surface area contributed by atoms with Crippen molar-refractivity contribution < 1.29 is 13.6 Å². The number of hydrogen-bond donors (Lipinski definition) is 2. The second kappa shape index (κ2) is 6.60. The number of hydrogen-bond acceptors (Lipinski definition) is 1. The van der Waals surface area contributed by atoms with Gasteiger partial charge < -0.3 is 10.3 Å². The zero-order valence-corrected chi connectivity index (χ0v) is 12.4. The molecule has 1 amide bonds. The minimum absolute atomic E-state index is 0.0997. The van der Waals surface area contributed by atoms with E-state index in [0.717, 1.165) is 28.6 Å². The molecule has 2 N–H and O–H groups in total. The van der Waals surface area contributed by atoms with E-state index in [9.17, 15) is 13.6 Å². The first-order valence-electron chi connectivity index (χ1n) is 7.39. The fourth-order valence-electron chi connectivity index (χ4n) is 2.55. The van der Waals surface area contributed by atoms with Crippen LogP contribution in [-0.2, 0) is 17.6 Å². The molecule has 1 heterocycles. The lowest BCUT2D eigenvalue weighted by atomic mass is 10.1. The van der Waals surface area contributed by atoms with Gasteiger partial charge in [-0.25, -0.2) is 8.78 Å². The van der Waals surface area contributed by atoms with Crippen LogP contribution in [0.25, 0.3) is 10.9 Å². The fraction of sp³-hybridized carbons (Fsp3) is 0.167. The molecule has 118 valence electrons. The average molecular weight is 314 g/mol. The maximum atomic E-state index is 13.1. The molecule has 0 aliphatic carbocycles. The zero-order valence-electron chi connectivity index (χ0n) is 12.4. The highest BCUT2D eigenvalue weighted by Gasteiger charge is 2.08. The molecule has 0 saturated heterocycles. The maximum absolute atomic E-state index is 13.1. The van der Waals surface area contributed by atoms with Crippen molar-refractivity contribution in [1.29, 1.82) is 0 Å². The van der Waals surface area contributed by atoms with Crippen LogP contribution in [0.3, 0.4) is 0 Å². The first kappa shape index (κ1) is 15.2. The lowest BCUT2D eigenvalue weighted by Crippen LogP contribution is -2.27. The lowest BCUT2D eigenvalue weighted by molar-refractivity contribution is -0.120. The van der Waals surface area contributed by atoms with Crippen molar-refractivity contribution in [2.75, 3.05) is 6.54 Å². The Balaban J connectivity index is 1.54. The van der Waals surface area contributed by atoms with E-state index in [4.69, 9.17) is 0 Å².